The molecule has 2 rings (SSSR count). The predicted octanol–water partition coefficient (Wildman–Crippen LogP) is 2.53. The Balaban J connectivity index is 1.93. The molecule has 0 saturated carbocycles. The molecule has 0 spiro atoms. The van der Waals surface area contributed by atoms with Crippen LogP contribution in [0.25, 0.3) is 0 Å². The number of hydrogen-bond donors (Lipinski definition) is 2. The topological polar surface area (TPSA) is 58.2 Å². The molecule has 0 aliphatic rings. The summed E-state index contributed by atoms with van der Waals surface area (Å²) in [6.07, 6.45) is 0. The van der Waals surface area contributed by atoms with Gasteiger partial charge in [0.15, 0.2) is 11.6 Å². The lowest BCUT2D eigenvalue weighted by Gasteiger charge is -2.08. The van der Waals surface area contributed by atoms with Crippen molar-refractivity contribution in [2.45, 2.75) is 13.5 Å². The van der Waals surface area contributed by atoms with Gasteiger partial charge in [-0.2, -0.15) is 0 Å². The maximum Gasteiger partial charge on any atom is 0.313 e. The van der Waals surface area contributed by atoms with Crippen LogP contribution in [-0.4, -0.2) is 11.8 Å². The molecule has 0 radical (unpaired) electrons. The molecule has 0 aliphatic heterocycles. The number of anilines is 1. The highest BCUT2D eigenvalue weighted by atomic mass is 19.2. The van der Waals surface area contributed by atoms with E-state index in [-0.39, 0.29) is 12.2 Å². The van der Waals surface area contributed by atoms with Gasteiger partial charge in [-0.25, -0.2) is 8.78 Å². The largest absolute Gasteiger partial charge is 0.344 e. The maximum absolute atomic E-state index is 13.0. The molecular formula is C16H14F2N2O2. The molecule has 0 aromatic heterocycles. The molecule has 6 heteroatoms. The molecular weight excluding hydrogens is 290 g/mol. The standard InChI is InChI=1S/C16H14F2N2O2/c1-10-4-2-3-5-11(10)9-19-15(21)16(22)20-12-6-7-13(17)14(18)8-12/h2-8H,9H2,1H3,(H,19,21)(H,20,22). The van der Waals surface area contributed by atoms with E-state index in [4.69, 9.17) is 0 Å². The first kappa shape index (κ1) is 15.6. The second kappa shape index (κ2) is 6.80. The zero-order chi connectivity index (χ0) is 16.1. The monoisotopic (exact) mass is 304 g/mol. The van der Waals surface area contributed by atoms with Crippen LogP contribution in [0.2, 0.25) is 0 Å². The van der Waals surface area contributed by atoms with Crippen molar-refractivity contribution >= 4 is 17.5 Å². The number of carbonyl (C=O) groups excluding carboxylic acids is 2. The van der Waals surface area contributed by atoms with E-state index in [9.17, 15) is 18.4 Å². The summed E-state index contributed by atoms with van der Waals surface area (Å²) in [5.41, 5.74) is 1.88. The Morgan fingerprint density at radius 3 is 2.41 bits per heavy atom. The van der Waals surface area contributed by atoms with E-state index in [2.05, 4.69) is 10.6 Å². The van der Waals surface area contributed by atoms with Crippen molar-refractivity contribution in [3.05, 3.63) is 65.2 Å². The average molecular weight is 304 g/mol. The summed E-state index contributed by atoms with van der Waals surface area (Å²) in [6, 6.07) is 10.3. The highest BCUT2D eigenvalue weighted by Crippen LogP contribution is 2.13. The average Bonchev–Trinajstić information content (AvgIpc) is 2.50. The molecule has 22 heavy (non-hydrogen) atoms. The fourth-order valence-corrected chi connectivity index (χ4v) is 1.83. The second-order valence-corrected chi connectivity index (χ2v) is 4.69. The molecule has 0 atom stereocenters. The zero-order valence-electron chi connectivity index (χ0n) is 11.8. The van der Waals surface area contributed by atoms with Crippen molar-refractivity contribution < 1.29 is 18.4 Å². The quantitative estimate of drug-likeness (QED) is 0.856. The third-order valence-electron chi connectivity index (χ3n) is 3.08. The molecule has 2 N–H and O–H groups in total. The van der Waals surface area contributed by atoms with E-state index < -0.39 is 23.4 Å². The molecule has 0 heterocycles. The van der Waals surface area contributed by atoms with Crippen LogP contribution in [0.1, 0.15) is 11.1 Å². The van der Waals surface area contributed by atoms with Crippen molar-refractivity contribution in [1.29, 1.82) is 0 Å². The van der Waals surface area contributed by atoms with Gasteiger partial charge in [0, 0.05) is 18.3 Å². The van der Waals surface area contributed by atoms with Crippen molar-refractivity contribution in [3.8, 4) is 0 Å². The summed E-state index contributed by atoms with van der Waals surface area (Å²) in [7, 11) is 0. The van der Waals surface area contributed by atoms with Gasteiger partial charge in [0.1, 0.15) is 0 Å². The maximum atomic E-state index is 13.0. The molecule has 4 nitrogen and oxygen atoms in total. The molecule has 2 aromatic carbocycles. The minimum atomic E-state index is -1.10. The summed E-state index contributed by atoms with van der Waals surface area (Å²) in [5, 5.41) is 4.67. The number of nitrogens with one attached hydrogen (secondary N) is 2. The third kappa shape index (κ3) is 3.88. The highest BCUT2D eigenvalue weighted by Gasteiger charge is 2.14. The first-order chi connectivity index (χ1) is 10.5. The first-order valence-corrected chi connectivity index (χ1v) is 6.56. The summed E-state index contributed by atoms with van der Waals surface area (Å²) in [4.78, 5) is 23.4. The number of hydrogen-bond acceptors (Lipinski definition) is 2. The summed E-state index contributed by atoms with van der Waals surface area (Å²) < 4.78 is 25.8. The molecule has 0 saturated heterocycles. The molecule has 114 valence electrons. The van der Waals surface area contributed by atoms with E-state index in [1.54, 1.807) is 0 Å². The fourth-order valence-electron chi connectivity index (χ4n) is 1.83. The van der Waals surface area contributed by atoms with E-state index in [1.807, 2.05) is 31.2 Å². The van der Waals surface area contributed by atoms with Crippen molar-refractivity contribution in [1.82, 2.24) is 5.32 Å². The number of benzene rings is 2. The second-order valence-electron chi connectivity index (χ2n) is 4.69. The van der Waals surface area contributed by atoms with Crippen LogP contribution in [0, 0.1) is 18.6 Å². The summed E-state index contributed by atoms with van der Waals surface area (Å²) in [6.45, 7) is 2.10. The minimum Gasteiger partial charge on any atom is -0.344 e. The van der Waals surface area contributed by atoms with Gasteiger partial charge >= 0.3 is 11.8 Å². The van der Waals surface area contributed by atoms with Crippen LogP contribution in [0.4, 0.5) is 14.5 Å². The van der Waals surface area contributed by atoms with Gasteiger partial charge in [-0.05, 0) is 30.2 Å². The molecule has 0 aliphatic carbocycles. The van der Waals surface area contributed by atoms with Crippen molar-refractivity contribution in [2.75, 3.05) is 5.32 Å². The van der Waals surface area contributed by atoms with Gasteiger partial charge in [0.2, 0.25) is 0 Å². The predicted molar refractivity (Wildman–Crippen MR) is 78.0 cm³/mol. The summed E-state index contributed by atoms with van der Waals surface area (Å²) in [5.74, 6) is -3.92. The number of halogens is 2. The van der Waals surface area contributed by atoms with Gasteiger partial charge < -0.3 is 10.6 Å². The van der Waals surface area contributed by atoms with Gasteiger partial charge in [0.25, 0.3) is 0 Å². The number of rotatable bonds is 3. The van der Waals surface area contributed by atoms with E-state index >= 15 is 0 Å². The number of carbonyl (C=O) groups is 2. The van der Waals surface area contributed by atoms with Crippen LogP contribution >= 0.6 is 0 Å². The lowest BCUT2D eigenvalue weighted by Crippen LogP contribution is -2.35. The fraction of sp³-hybridized carbons (Fsp3) is 0.125. The highest BCUT2D eigenvalue weighted by molar-refractivity contribution is 6.39. The lowest BCUT2D eigenvalue weighted by atomic mass is 10.1. The Hall–Kier alpha value is -2.76. The van der Waals surface area contributed by atoms with Crippen LogP contribution in [0.15, 0.2) is 42.5 Å². The van der Waals surface area contributed by atoms with Crippen LogP contribution < -0.4 is 10.6 Å². The Labute approximate surface area is 126 Å². The van der Waals surface area contributed by atoms with Crippen molar-refractivity contribution in [2.24, 2.45) is 0 Å². The van der Waals surface area contributed by atoms with Crippen molar-refractivity contribution in [3.63, 3.8) is 0 Å². The minimum absolute atomic E-state index is 0.00921. The van der Waals surface area contributed by atoms with Gasteiger partial charge in [-0.1, -0.05) is 24.3 Å². The SMILES string of the molecule is Cc1ccccc1CNC(=O)C(=O)Nc1ccc(F)c(F)c1. The molecule has 0 bridgehead atoms. The first-order valence-electron chi connectivity index (χ1n) is 6.56. The molecule has 2 aromatic rings. The number of amides is 2. The van der Waals surface area contributed by atoms with E-state index in [1.165, 1.54) is 6.07 Å². The van der Waals surface area contributed by atoms with Crippen LogP contribution in [0.5, 0.6) is 0 Å². The van der Waals surface area contributed by atoms with Gasteiger partial charge in [-0.15, -0.1) is 0 Å². The van der Waals surface area contributed by atoms with Gasteiger partial charge in [0.05, 0.1) is 0 Å². The van der Waals surface area contributed by atoms with E-state index in [0.29, 0.717) is 0 Å². The smallest absolute Gasteiger partial charge is 0.313 e. The third-order valence-corrected chi connectivity index (χ3v) is 3.08. The summed E-state index contributed by atoms with van der Waals surface area (Å²) >= 11 is 0. The Morgan fingerprint density at radius 2 is 1.73 bits per heavy atom. The van der Waals surface area contributed by atoms with E-state index in [0.717, 1.165) is 23.3 Å². The molecule has 0 fully saturated rings. The van der Waals surface area contributed by atoms with Crippen LogP contribution in [0.3, 0.4) is 0 Å². The normalized spacial score (nSPS) is 10.1. The lowest BCUT2D eigenvalue weighted by molar-refractivity contribution is -0.136. The zero-order valence-corrected chi connectivity index (χ0v) is 11.8. The Bertz CT molecular complexity index is 717. The number of aryl methyl sites for hydroxylation is 1. The Kier molecular flexibility index (Phi) is 4.83. The Morgan fingerprint density at radius 1 is 1.00 bits per heavy atom. The molecule has 2 amide bonds. The van der Waals surface area contributed by atoms with Gasteiger partial charge in [-0.3, -0.25) is 9.59 Å². The van der Waals surface area contributed by atoms with Crippen LogP contribution in [-0.2, 0) is 16.1 Å². The molecule has 0 unspecified atom stereocenters.